The molecule has 0 radical (unpaired) electrons. The number of rotatable bonds is 3. The van der Waals surface area contributed by atoms with Crippen LogP contribution >= 0.6 is 0 Å². The Balaban J connectivity index is 2.22. The second-order valence-corrected chi connectivity index (χ2v) is 3.85. The van der Waals surface area contributed by atoms with Gasteiger partial charge in [-0.3, -0.25) is 0 Å². The topological polar surface area (TPSA) is 0 Å². The summed E-state index contributed by atoms with van der Waals surface area (Å²) in [6.07, 6.45) is 5.69. The zero-order chi connectivity index (χ0) is 7.45. The number of likely N-dealkylation sites (tertiary alicyclic amines) is 1. The molecule has 10 heavy (non-hydrogen) atoms. The standard InChI is InChI=1S/C9H20N/c1-3-4-7-10(2)8-5-6-9-10/h3-9H2,1-2H3/q+1. The van der Waals surface area contributed by atoms with Gasteiger partial charge in [0, 0.05) is 12.8 Å². The molecular weight excluding hydrogens is 122 g/mol. The summed E-state index contributed by atoms with van der Waals surface area (Å²) in [5.74, 6) is 0. The zero-order valence-corrected chi connectivity index (χ0v) is 7.40. The molecule has 0 aromatic carbocycles. The van der Waals surface area contributed by atoms with Crippen molar-refractivity contribution < 1.29 is 4.48 Å². The second-order valence-electron chi connectivity index (χ2n) is 3.85. The minimum atomic E-state index is 1.36. The van der Waals surface area contributed by atoms with Crippen molar-refractivity contribution in [2.45, 2.75) is 32.6 Å². The Morgan fingerprint density at radius 1 is 1.20 bits per heavy atom. The number of unbranched alkanes of at least 4 members (excludes halogenated alkanes) is 1. The van der Waals surface area contributed by atoms with Gasteiger partial charge in [0.05, 0.1) is 26.7 Å². The van der Waals surface area contributed by atoms with Crippen LogP contribution in [0.5, 0.6) is 0 Å². The van der Waals surface area contributed by atoms with Crippen LogP contribution < -0.4 is 0 Å². The first kappa shape index (κ1) is 8.06. The summed E-state index contributed by atoms with van der Waals surface area (Å²) >= 11 is 0. The van der Waals surface area contributed by atoms with Crippen molar-refractivity contribution in [3.63, 3.8) is 0 Å². The van der Waals surface area contributed by atoms with E-state index in [2.05, 4.69) is 14.0 Å². The number of nitrogens with zero attached hydrogens (tertiary/aromatic N) is 1. The molecule has 0 aromatic heterocycles. The number of hydrogen-bond acceptors (Lipinski definition) is 0. The van der Waals surface area contributed by atoms with Crippen LogP contribution in [0.3, 0.4) is 0 Å². The Morgan fingerprint density at radius 2 is 1.80 bits per heavy atom. The summed E-state index contributed by atoms with van der Waals surface area (Å²) in [5.41, 5.74) is 0. The van der Waals surface area contributed by atoms with Gasteiger partial charge in [0.25, 0.3) is 0 Å². The van der Waals surface area contributed by atoms with Gasteiger partial charge in [0.1, 0.15) is 0 Å². The first-order valence-electron chi connectivity index (χ1n) is 4.60. The van der Waals surface area contributed by atoms with Gasteiger partial charge in [-0.15, -0.1) is 0 Å². The van der Waals surface area contributed by atoms with Crippen molar-refractivity contribution in [1.82, 2.24) is 0 Å². The first-order valence-corrected chi connectivity index (χ1v) is 4.60. The molecule has 0 spiro atoms. The highest BCUT2D eigenvalue weighted by Crippen LogP contribution is 2.16. The minimum Gasteiger partial charge on any atom is -0.326 e. The van der Waals surface area contributed by atoms with Crippen molar-refractivity contribution in [3.8, 4) is 0 Å². The van der Waals surface area contributed by atoms with Crippen molar-refractivity contribution in [1.29, 1.82) is 0 Å². The third-order valence-electron chi connectivity index (χ3n) is 2.70. The van der Waals surface area contributed by atoms with Crippen LogP contribution in [-0.2, 0) is 0 Å². The van der Waals surface area contributed by atoms with Gasteiger partial charge in [0.2, 0.25) is 0 Å². The van der Waals surface area contributed by atoms with Crippen molar-refractivity contribution in [2.24, 2.45) is 0 Å². The summed E-state index contributed by atoms with van der Waals surface area (Å²) in [5, 5.41) is 0. The van der Waals surface area contributed by atoms with Gasteiger partial charge in [-0.05, 0) is 6.42 Å². The molecule has 60 valence electrons. The van der Waals surface area contributed by atoms with Crippen LogP contribution in [0.25, 0.3) is 0 Å². The van der Waals surface area contributed by atoms with E-state index < -0.39 is 0 Å². The molecule has 1 nitrogen and oxygen atoms in total. The van der Waals surface area contributed by atoms with Crippen LogP contribution in [0.15, 0.2) is 0 Å². The summed E-state index contributed by atoms with van der Waals surface area (Å²) < 4.78 is 1.36. The van der Waals surface area contributed by atoms with E-state index in [1.807, 2.05) is 0 Å². The molecule has 1 fully saturated rings. The predicted molar refractivity (Wildman–Crippen MR) is 44.9 cm³/mol. The molecule has 0 unspecified atom stereocenters. The molecule has 1 saturated heterocycles. The summed E-state index contributed by atoms with van der Waals surface area (Å²) in [6.45, 7) is 6.55. The number of quaternary nitrogens is 1. The van der Waals surface area contributed by atoms with E-state index in [0.717, 1.165) is 0 Å². The normalized spacial score (nSPS) is 23.4. The van der Waals surface area contributed by atoms with Crippen LogP contribution in [0.2, 0.25) is 0 Å². The minimum absolute atomic E-state index is 1.36. The van der Waals surface area contributed by atoms with Gasteiger partial charge < -0.3 is 4.48 Å². The first-order chi connectivity index (χ1) is 4.77. The van der Waals surface area contributed by atoms with E-state index >= 15 is 0 Å². The number of hydrogen-bond donors (Lipinski definition) is 0. The van der Waals surface area contributed by atoms with Gasteiger partial charge in [-0.1, -0.05) is 13.3 Å². The lowest BCUT2D eigenvalue weighted by atomic mass is 10.3. The third kappa shape index (κ3) is 1.98. The van der Waals surface area contributed by atoms with Gasteiger partial charge in [-0.25, -0.2) is 0 Å². The van der Waals surface area contributed by atoms with E-state index in [0.29, 0.717) is 0 Å². The maximum absolute atomic E-state index is 2.41. The molecule has 0 bridgehead atoms. The predicted octanol–water partition coefficient (Wildman–Crippen LogP) is 2.03. The zero-order valence-electron chi connectivity index (χ0n) is 7.40. The van der Waals surface area contributed by atoms with E-state index in [-0.39, 0.29) is 0 Å². The molecule has 0 amide bonds. The van der Waals surface area contributed by atoms with Crippen molar-refractivity contribution >= 4 is 0 Å². The van der Waals surface area contributed by atoms with E-state index in [1.165, 1.54) is 49.8 Å². The summed E-state index contributed by atoms with van der Waals surface area (Å²) in [7, 11) is 2.41. The molecule has 1 heteroatoms. The Bertz CT molecular complexity index is 92.9. The molecule has 0 N–H and O–H groups in total. The Morgan fingerprint density at radius 3 is 2.30 bits per heavy atom. The molecule has 0 atom stereocenters. The van der Waals surface area contributed by atoms with Crippen LogP contribution in [0.4, 0.5) is 0 Å². The molecular formula is C9H20N+. The maximum Gasteiger partial charge on any atom is 0.0786 e. The highest BCUT2D eigenvalue weighted by Gasteiger charge is 2.25. The fraction of sp³-hybridized carbons (Fsp3) is 1.00. The lowest BCUT2D eigenvalue weighted by Gasteiger charge is -2.28. The fourth-order valence-corrected chi connectivity index (χ4v) is 1.86. The SMILES string of the molecule is CCCC[N+]1(C)CCCC1. The van der Waals surface area contributed by atoms with Crippen LogP contribution in [0, 0.1) is 0 Å². The average molecular weight is 142 g/mol. The molecule has 0 saturated carbocycles. The largest absolute Gasteiger partial charge is 0.326 e. The van der Waals surface area contributed by atoms with Crippen LogP contribution in [0.1, 0.15) is 32.6 Å². The van der Waals surface area contributed by atoms with E-state index in [1.54, 1.807) is 0 Å². The third-order valence-corrected chi connectivity index (χ3v) is 2.70. The van der Waals surface area contributed by atoms with Crippen molar-refractivity contribution in [2.75, 3.05) is 26.7 Å². The molecule has 1 aliphatic heterocycles. The van der Waals surface area contributed by atoms with Crippen LogP contribution in [-0.4, -0.2) is 31.2 Å². The molecule has 1 rings (SSSR count). The van der Waals surface area contributed by atoms with Gasteiger partial charge in [-0.2, -0.15) is 0 Å². The highest BCUT2D eigenvalue weighted by atomic mass is 15.3. The molecule has 1 aliphatic rings. The molecule has 1 heterocycles. The van der Waals surface area contributed by atoms with E-state index in [4.69, 9.17) is 0 Å². The Labute approximate surface area is 64.6 Å². The fourth-order valence-electron chi connectivity index (χ4n) is 1.86. The Kier molecular flexibility index (Phi) is 2.72. The summed E-state index contributed by atoms with van der Waals surface area (Å²) in [6, 6.07) is 0. The maximum atomic E-state index is 2.41. The highest BCUT2D eigenvalue weighted by molar-refractivity contribution is 4.51. The Hall–Kier alpha value is -0.0400. The summed E-state index contributed by atoms with van der Waals surface area (Å²) in [4.78, 5) is 0. The lowest BCUT2D eigenvalue weighted by Crippen LogP contribution is -2.41. The average Bonchev–Trinajstić information content (AvgIpc) is 2.33. The molecule has 0 aromatic rings. The molecule has 0 aliphatic carbocycles. The van der Waals surface area contributed by atoms with Crippen molar-refractivity contribution in [3.05, 3.63) is 0 Å². The quantitative estimate of drug-likeness (QED) is 0.529. The van der Waals surface area contributed by atoms with Gasteiger partial charge in [0.15, 0.2) is 0 Å². The smallest absolute Gasteiger partial charge is 0.0786 e. The second kappa shape index (κ2) is 3.38. The van der Waals surface area contributed by atoms with Gasteiger partial charge >= 0.3 is 0 Å². The lowest BCUT2D eigenvalue weighted by molar-refractivity contribution is -0.897. The monoisotopic (exact) mass is 142 g/mol. The van der Waals surface area contributed by atoms with E-state index in [9.17, 15) is 0 Å².